The molecule has 0 aromatic heterocycles. The van der Waals surface area contributed by atoms with Crippen molar-refractivity contribution in [1.82, 2.24) is 9.21 Å². The fourth-order valence-corrected chi connectivity index (χ4v) is 5.23. The van der Waals surface area contributed by atoms with E-state index >= 15 is 0 Å². The van der Waals surface area contributed by atoms with Crippen LogP contribution in [0.4, 0.5) is 0 Å². The van der Waals surface area contributed by atoms with E-state index in [4.69, 9.17) is 9.47 Å². The van der Waals surface area contributed by atoms with Gasteiger partial charge in [-0.2, -0.15) is 4.31 Å². The van der Waals surface area contributed by atoms with Crippen LogP contribution in [0.5, 0.6) is 5.75 Å². The summed E-state index contributed by atoms with van der Waals surface area (Å²) in [6, 6.07) is 14.2. The lowest BCUT2D eigenvalue weighted by molar-refractivity contribution is -0.142. The zero-order chi connectivity index (χ0) is 21.1. The minimum Gasteiger partial charge on any atom is -0.481 e. The fraction of sp³-hybridized carbons (Fsp3) is 0.409. The van der Waals surface area contributed by atoms with Crippen molar-refractivity contribution in [3.05, 3.63) is 59.7 Å². The summed E-state index contributed by atoms with van der Waals surface area (Å²) in [6.07, 6.45) is 0.0572. The van der Waals surface area contributed by atoms with Gasteiger partial charge in [0.15, 0.2) is 6.10 Å². The van der Waals surface area contributed by atoms with Crippen LogP contribution in [0.2, 0.25) is 0 Å². The second kappa shape index (κ2) is 8.75. The van der Waals surface area contributed by atoms with Crippen LogP contribution in [-0.4, -0.2) is 62.5 Å². The molecule has 2 aliphatic heterocycles. The van der Waals surface area contributed by atoms with Crippen LogP contribution in [0.15, 0.2) is 53.4 Å². The molecule has 1 amide bonds. The standard InChI is InChI=1S/C22H26N2O5S/c1-17(22(25)23-12-14-28-15-13-23)29-20-6-8-21(9-7-20)30(26,27)24-11-10-18-4-2-3-5-19(18)16-24/h2-9,17H,10-16H2,1H3/t17-/m0/s1. The molecule has 0 unspecified atom stereocenters. The van der Waals surface area contributed by atoms with Gasteiger partial charge >= 0.3 is 0 Å². The molecule has 30 heavy (non-hydrogen) atoms. The largest absolute Gasteiger partial charge is 0.481 e. The van der Waals surface area contributed by atoms with Gasteiger partial charge in [-0.15, -0.1) is 0 Å². The summed E-state index contributed by atoms with van der Waals surface area (Å²) in [7, 11) is -3.59. The van der Waals surface area contributed by atoms with Gasteiger partial charge in [-0.3, -0.25) is 4.79 Å². The summed E-state index contributed by atoms with van der Waals surface area (Å²) < 4.78 is 38.6. The molecule has 160 valence electrons. The summed E-state index contributed by atoms with van der Waals surface area (Å²) >= 11 is 0. The van der Waals surface area contributed by atoms with Crippen molar-refractivity contribution in [3.8, 4) is 5.75 Å². The van der Waals surface area contributed by atoms with Crippen molar-refractivity contribution >= 4 is 15.9 Å². The predicted octanol–water partition coefficient (Wildman–Crippen LogP) is 2.06. The van der Waals surface area contributed by atoms with Crippen LogP contribution < -0.4 is 4.74 Å². The molecule has 1 fully saturated rings. The summed E-state index contributed by atoms with van der Waals surface area (Å²) in [5.74, 6) is 0.369. The highest BCUT2D eigenvalue weighted by molar-refractivity contribution is 7.89. The highest BCUT2D eigenvalue weighted by Gasteiger charge is 2.28. The number of hydrogen-bond donors (Lipinski definition) is 0. The van der Waals surface area contributed by atoms with Crippen molar-refractivity contribution in [1.29, 1.82) is 0 Å². The smallest absolute Gasteiger partial charge is 0.263 e. The van der Waals surface area contributed by atoms with Crippen LogP contribution in [0, 0.1) is 0 Å². The van der Waals surface area contributed by atoms with Gasteiger partial charge in [-0.25, -0.2) is 8.42 Å². The maximum atomic E-state index is 13.1. The van der Waals surface area contributed by atoms with Crippen LogP contribution in [0.1, 0.15) is 18.1 Å². The first kappa shape index (κ1) is 20.8. The Balaban J connectivity index is 1.42. The number of amides is 1. The Labute approximate surface area is 177 Å². The normalized spacial score (nSPS) is 18.5. The summed E-state index contributed by atoms with van der Waals surface area (Å²) in [4.78, 5) is 14.4. The molecule has 7 nitrogen and oxygen atoms in total. The topological polar surface area (TPSA) is 76.2 Å². The maximum absolute atomic E-state index is 13.1. The lowest BCUT2D eigenvalue weighted by atomic mass is 10.0. The average Bonchev–Trinajstić information content (AvgIpc) is 2.79. The third-order valence-corrected chi connectivity index (χ3v) is 7.40. The van der Waals surface area contributed by atoms with Gasteiger partial charge in [0, 0.05) is 26.2 Å². The molecule has 0 bridgehead atoms. The van der Waals surface area contributed by atoms with Crippen molar-refractivity contribution in [2.24, 2.45) is 0 Å². The first-order valence-electron chi connectivity index (χ1n) is 10.2. The van der Waals surface area contributed by atoms with E-state index in [2.05, 4.69) is 0 Å². The number of rotatable bonds is 5. The second-order valence-corrected chi connectivity index (χ2v) is 9.46. The molecule has 0 aliphatic carbocycles. The summed E-state index contributed by atoms with van der Waals surface area (Å²) in [6.45, 7) is 4.72. The Morgan fingerprint density at radius 2 is 1.67 bits per heavy atom. The molecule has 4 rings (SSSR count). The molecule has 2 aromatic carbocycles. The Morgan fingerprint density at radius 1 is 1.00 bits per heavy atom. The number of morpholine rings is 1. The molecule has 2 heterocycles. The molecule has 2 aliphatic rings. The average molecular weight is 431 g/mol. The third-order valence-electron chi connectivity index (χ3n) is 5.54. The Morgan fingerprint density at radius 3 is 2.37 bits per heavy atom. The number of sulfonamides is 1. The molecule has 0 saturated carbocycles. The second-order valence-electron chi connectivity index (χ2n) is 7.53. The van der Waals surface area contributed by atoms with Crippen LogP contribution in [0.25, 0.3) is 0 Å². The van der Waals surface area contributed by atoms with Crippen LogP contribution >= 0.6 is 0 Å². The number of carbonyl (C=O) groups excluding carboxylic acids is 1. The van der Waals surface area contributed by atoms with Gasteiger partial charge in [0.2, 0.25) is 10.0 Å². The molecule has 0 radical (unpaired) electrons. The van der Waals surface area contributed by atoms with E-state index in [1.165, 1.54) is 22.0 Å². The minimum absolute atomic E-state index is 0.0954. The van der Waals surface area contributed by atoms with E-state index < -0.39 is 16.1 Å². The van der Waals surface area contributed by atoms with Gasteiger partial charge < -0.3 is 14.4 Å². The van der Waals surface area contributed by atoms with Crippen molar-refractivity contribution in [2.75, 3.05) is 32.8 Å². The monoisotopic (exact) mass is 430 g/mol. The lowest BCUT2D eigenvalue weighted by Crippen LogP contribution is -2.46. The van der Waals surface area contributed by atoms with E-state index in [1.807, 2.05) is 24.3 Å². The molecule has 2 aromatic rings. The summed E-state index contributed by atoms with van der Waals surface area (Å²) in [5, 5.41) is 0. The van der Waals surface area contributed by atoms with Crippen LogP contribution in [0.3, 0.4) is 0 Å². The molecular weight excluding hydrogens is 404 g/mol. The quantitative estimate of drug-likeness (QED) is 0.726. The van der Waals surface area contributed by atoms with Crippen molar-refractivity contribution in [3.63, 3.8) is 0 Å². The van der Waals surface area contributed by atoms with E-state index in [0.717, 1.165) is 5.56 Å². The predicted molar refractivity (Wildman–Crippen MR) is 112 cm³/mol. The number of hydrogen-bond acceptors (Lipinski definition) is 5. The van der Waals surface area contributed by atoms with Gasteiger partial charge in [0.1, 0.15) is 5.75 Å². The van der Waals surface area contributed by atoms with E-state index in [0.29, 0.717) is 51.6 Å². The first-order chi connectivity index (χ1) is 14.4. The number of ether oxygens (including phenoxy) is 2. The van der Waals surface area contributed by atoms with E-state index in [-0.39, 0.29) is 10.8 Å². The van der Waals surface area contributed by atoms with E-state index in [9.17, 15) is 13.2 Å². The molecular formula is C22H26N2O5S. The Hall–Kier alpha value is -2.42. The highest BCUT2D eigenvalue weighted by Crippen LogP contribution is 2.26. The molecule has 1 atom stereocenters. The number of nitrogens with zero attached hydrogens (tertiary/aromatic N) is 2. The van der Waals surface area contributed by atoms with Crippen molar-refractivity contribution in [2.45, 2.75) is 30.9 Å². The van der Waals surface area contributed by atoms with Crippen LogP contribution in [-0.2, 0) is 32.5 Å². The molecule has 0 spiro atoms. The third kappa shape index (κ3) is 4.35. The maximum Gasteiger partial charge on any atom is 0.263 e. The Bertz CT molecular complexity index is 1000. The van der Waals surface area contributed by atoms with Gasteiger partial charge in [-0.1, -0.05) is 24.3 Å². The Kier molecular flexibility index (Phi) is 6.08. The summed E-state index contributed by atoms with van der Waals surface area (Å²) in [5.41, 5.74) is 2.24. The van der Waals surface area contributed by atoms with Crippen molar-refractivity contribution < 1.29 is 22.7 Å². The molecule has 8 heteroatoms. The lowest BCUT2D eigenvalue weighted by Gasteiger charge is -2.29. The SMILES string of the molecule is C[C@H](Oc1ccc(S(=O)(=O)N2CCc3ccccc3C2)cc1)C(=O)N1CCOCC1. The molecule has 1 saturated heterocycles. The minimum atomic E-state index is -3.59. The number of fused-ring (bicyclic) bond motifs is 1. The van der Waals surface area contributed by atoms with Gasteiger partial charge in [0.25, 0.3) is 5.91 Å². The van der Waals surface area contributed by atoms with Gasteiger partial charge in [0.05, 0.1) is 18.1 Å². The fourth-order valence-electron chi connectivity index (χ4n) is 3.81. The number of benzene rings is 2. The van der Waals surface area contributed by atoms with Gasteiger partial charge in [-0.05, 0) is 48.7 Å². The first-order valence-corrected chi connectivity index (χ1v) is 11.6. The molecule has 0 N–H and O–H groups in total. The highest BCUT2D eigenvalue weighted by atomic mass is 32.2. The zero-order valence-electron chi connectivity index (χ0n) is 17.0. The number of carbonyl (C=O) groups is 1. The van der Waals surface area contributed by atoms with E-state index in [1.54, 1.807) is 24.0 Å². The zero-order valence-corrected chi connectivity index (χ0v) is 17.8.